The van der Waals surface area contributed by atoms with Gasteiger partial charge in [-0.2, -0.15) is 37.9 Å². The summed E-state index contributed by atoms with van der Waals surface area (Å²) in [5, 5.41) is -0.751. The molecule has 0 bridgehead atoms. The summed E-state index contributed by atoms with van der Waals surface area (Å²) < 4.78 is 9.78. The van der Waals surface area contributed by atoms with Gasteiger partial charge in [-0.1, -0.05) is 48.0 Å². The summed E-state index contributed by atoms with van der Waals surface area (Å²) >= 11 is 12.4. The molecule has 33 heavy (non-hydrogen) atoms. The van der Waals surface area contributed by atoms with Crippen LogP contribution in [0.25, 0.3) is 0 Å². The number of rotatable bonds is 13. The number of ether oxygens (including phenoxy) is 2. The van der Waals surface area contributed by atoms with Crippen LogP contribution in [0.15, 0.2) is 0 Å². The quantitative estimate of drug-likeness (QED) is 0.171. The maximum Gasteiger partial charge on any atom is 0.319 e. The van der Waals surface area contributed by atoms with E-state index in [1.54, 1.807) is 27.7 Å². The van der Waals surface area contributed by atoms with Gasteiger partial charge in [0.05, 0.1) is 18.6 Å². The van der Waals surface area contributed by atoms with Gasteiger partial charge in [0.25, 0.3) is 0 Å². The Morgan fingerprint density at radius 3 is 1.48 bits per heavy atom. The topological polar surface area (TPSA) is 52.6 Å². The first kappa shape index (κ1) is 37.5. The fourth-order valence-corrected chi connectivity index (χ4v) is 3.70. The molecule has 0 saturated carbocycles. The lowest BCUT2D eigenvalue weighted by Crippen LogP contribution is -2.25. The van der Waals surface area contributed by atoms with Crippen LogP contribution in [0, 0.1) is 23.7 Å². The molecule has 0 N–H and O–H groups in total. The third kappa shape index (κ3) is 32.0. The Balaban J connectivity index is -0.000000446. The van der Waals surface area contributed by atoms with Crippen molar-refractivity contribution < 1.29 is 19.1 Å². The molecule has 0 aromatic carbocycles. The highest BCUT2D eigenvalue weighted by atomic mass is 32.1. The third-order valence-corrected chi connectivity index (χ3v) is 5.44. The van der Waals surface area contributed by atoms with E-state index in [2.05, 4.69) is 79.4 Å². The molecule has 0 heterocycles. The zero-order valence-corrected chi connectivity index (χ0v) is 25.6. The number of esters is 2. The van der Waals surface area contributed by atoms with Gasteiger partial charge in [-0.25, -0.2) is 0 Å². The molecular formula is C26H54O4S3. The summed E-state index contributed by atoms with van der Waals surface area (Å²) in [6.45, 7) is 20.6. The van der Waals surface area contributed by atoms with E-state index in [1.807, 2.05) is 0 Å². The van der Waals surface area contributed by atoms with Crippen molar-refractivity contribution in [2.24, 2.45) is 23.7 Å². The van der Waals surface area contributed by atoms with Gasteiger partial charge in [0.15, 0.2) is 0 Å². The van der Waals surface area contributed by atoms with Gasteiger partial charge in [0.1, 0.15) is 5.25 Å². The summed E-state index contributed by atoms with van der Waals surface area (Å²) in [6.07, 6.45) is 4.86. The minimum Gasteiger partial charge on any atom is -0.463 e. The minimum absolute atomic E-state index is 0.0627. The molecule has 7 heteroatoms. The minimum atomic E-state index is -0.751. The van der Waals surface area contributed by atoms with Gasteiger partial charge < -0.3 is 9.47 Å². The largest absolute Gasteiger partial charge is 0.463 e. The lowest BCUT2D eigenvalue weighted by Gasteiger charge is -2.17. The smallest absolute Gasteiger partial charge is 0.319 e. The number of thiol groups is 3. The normalized spacial score (nSPS) is 12.8. The Morgan fingerprint density at radius 1 is 0.697 bits per heavy atom. The summed E-state index contributed by atoms with van der Waals surface area (Å²) in [6, 6.07) is 0. The molecule has 0 aliphatic rings. The molecule has 2 atom stereocenters. The van der Waals surface area contributed by atoms with Crippen LogP contribution in [0.3, 0.4) is 0 Å². The highest BCUT2D eigenvalue weighted by molar-refractivity contribution is 7.81. The van der Waals surface area contributed by atoms with E-state index in [0.29, 0.717) is 0 Å². The third-order valence-electron chi connectivity index (χ3n) is 4.27. The summed E-state index contributed by atoms with van der Waals surface area (Å²) in [7, 11) is 0. The Labute approximate surface area is 222 Å². The monoisotopic (exact) mass is 526 g/mol. The number of carbonyl (C=O) groups is 2. The zero-order valence-electron chi connectivity index (χ0n) is 23.0. The SMILES string of the molecule is CC(C)CCC(CS)CC(C)C.CC(C)CCS.CC(C)OC(=O)CC(S)C(=O)OC(C)C. The van der Waals surface area contributed by atoms with Gasteiger partial charge in [-0.3, -0.25) is 9.59 Å². The number of carbonyl (C=O) groups excluding carboxylic acids is 2. The molecule has 200 valence electrons. The van der Waals surface area contributed by atoms with Crippen molar-refractivity contribution in [3.8, 4) is 0 Å². The first-order chi connectivity index (χ1) is 15.2. The van der Waals surface area contributed by atoms with Crippen LogP contribution in [0.4, 0.5) is 0 Å². The predicted octanol–water partition coefficient (Wildman–Crippen LogP) is 7.56. The van der Waals surface area contributed by atoms with Crippen molar-refractivity contribution in [2.75, 3.05) is 11.5 Å². The summed E-state index contributed by atoms with van der Waals surface area (Å²) in [5.74, 6) is 4.49. The molecule has 0 amide bonds. The van der Waals surface area contributed by atoms with E-state index >= 15 is 0 Å². The highest BCUT2D eigenvalue weighted by Gasteiger charge is 2.21. The summed E-state index contributed by atoms with van der Waals surface area (Å²) in [5.41, 5.74) is 0. The molecule has 4 nitrogen and oxygen atoms in total. The first-order valence-corrected chi connectivity index (χ1v) is 14.2. The Hall–Kier alpha value is -0.0100. The van der Waals surface area contributed by atoms with Gasteiger partial charge in [-0.15, -0.1) is 0 Å². The van der Waals surface area contributed by atoms with Crippen LogP contribution in [0.1, 0.15) is 101 Å². The van der Waals surface area contributed by atoms with E-state index in [1.165, 1.54) is 25.7 Å². The average Bonchev–Trinajstić information content (AvgIpc) is 2.64. The van der Waals surface area contributed by atoms with Crippen LogP contribution < -0.4 is 0 Å². The Morgan fingerprint density at radius 2 is 1.18 bits per heavy atom. The fraction of sp³-hybridized carbons (Fsp3) is 0.923. The summed E-state index contributed by atoms with van der Waals surface area (Å²) in [4.78, 5) is 22.4. The maximum atomic E-state index is 11.3. The van der Waals surface area contributed by atoms with Crippen molar-refractivity contribution in [1.29, 1.82) is 0 Å². The second kappa shape index (κ2) is 23.7. The lowest BCUT2D eigenvalue weighted by molar-refractivity contribution is -0.153. The molecule has 2 unspecified atom stereocenters. The standard InChI is InChI=1S/C11H24S.C10H18O4S.C5H12S/c1-9(2)5-6-11(8-12)7-10(3)4;1-6(2)13-9(11)5-8(15)10(12)14-7(3)4;1-5(2)3-4-6/h9-12H,5-8H2,1-4H3;6-8,15H,5H2,1-4H3;5-6H,3-4H2,1-2H3. The van der Waals surface area contributed by atoms with Gasteiger partial charge in [0, 0.05) is 0 Å². The van der Waals surface area contributed by atoms with Crippen LogP contribution in [0.2, 0.25) is 0 Å². The Bertz CT molecular complexity index is 466. The van der Waals surface area contributed by atoms with Gasteiger partial charge in [-0.05, 0) is 82.1 Å². The highest BCUT2D eigenvalue weighted by Crippen LogP contribution is 2.20. The van der Waals surface area contributed by atoms with Gasteiger partial charge >= 0.3 is 11.9 Å². The molecule has 0 aliphatic carbocycles. The molecule has 0 aromatic rings. The molecule has 0 aromatic heterocycles. The van der Waals surface area contributed by atoms with E-state index in [0.717, 1.165) is 35.2 Å². The van der Waals surface area contributed by atoms with Crippen LogP contribution in [0.5, 0.6) is 0 Å². The second-order valence-electron chi connectivity index (χ2n) is 10.3. The van der Waals surface area contributed by atoms with Crippen molar-refractivity contribution >= 4 is 49.8 Å². The molecular weight excluding hydrogens is 472 g/mol. The van der Waals surface area contributed by atoms with Crippen LogP contribution in [-0.4, -0.2) is 40.9 Å². The van der Waals surface area contributed by atoms with Crippen molar-refractivity contribution in [1.82, 2.24) is 0 Å². The predicted molar refractivity (Wildman–Crippen MR) is 154 cm³/mol. The van der Waals surface area contributed by atoms with Crippen molar-refractivity contribution in [2.45, 2.75) is 119 Å². The number of hydrogen-bond donors (Lipinski definition) is 3. The Kier molecular flexibility index (Phi) is 27.0. The molecule has 0 fully saturated rings. The molecule has 0 spiro atoms. The average molecular weight is 527 g/mol. The second-order valence-corrected chi connectivity index (χ2v) is 11.7. The molecule has 0 rings (SSSR count). The van der Waals surface area contributed by atoms with E-state index in [4.69, 9.17) is 9.47 Å². The van der Waals surface area contributed by atoms with Crippen LogP contribution in [-0.2, 0) is 19.1 Å². The lowest BCUT2D eigenvalue weighted by atomic mass is 9.92. The van der Waals surface area contributed by atoms with Crippen LogP contribution >= 0.6 is 37.9 Å². The van der Waals surface area contributed by atoms with Crippen molar-refractivity contribution in [3.05, 3.63) is 0 Å². The first-order valence-electron chi connectivity index (χ1n) is 12.5. The maximum absolute atomic E-state index is 11.3. The molecule has 0 saturated heterocycles. The van der Waals surface area contributed by atoms with Crippen molar-refractivity contribution in [3.63, 3.8) is 0 Å². The zero-order chi connectivity index (χ0) is 26.6. The van der Waals surface area contributed by atoms with E-state index in [-0.39, 0.29) is 18.6 Å². The van der Waals surface area contributed by atoms with Gasteiger partial charge in [0.2, 0.25) is 0 Å². The fourth-order valence-electron chi connectivity index (χ4n) is 2.64. The molecule has 0 radical (unpaired) electrons. The number of hydrogen-bond acceptors (Lipinski definition) is 7. The van der Waals surface area contributed by atoms with E-state index < -0.39 is 17.2 Å². The molecule has 0 aliphatic heterocycles. The van der Waals surface area contributed by atoms with E-state index in [9.17, 15) is 9.59 Å².